The summed E-state index contributed by atoms with van der Waals surface area (Å²) in [6, 6.07) is 12.2. The van der Waals surface area contributed by atoms with Gasteiger partial charge in [-0.1, -0.05) is 50.3 Å². The summed E-state index contributed by atoms with van der Waals surface area (Å²) in [7, 11) is -4.07. The summed E-state index contributed by atoms with van der Waals surface area (Å²) in [5, 5.41) is 9.41. The Morgan fingerprint density at radius 1 is 1.27 bits per heavy atom. The Bertz CT molecular complexity index is 1150. The third-order valence-electron chi connectivity index (χ3n) is 5.07. The second-order valence-electron chi connectivity index (χ2n) is 7.59. The summed E-state index contributed by atoms with van der Waals surface area (Å²) < 4.78 is 35.3. The number of para-hydroxylation sites is 1. The molecule has 1 aromatic heterocycles. The van der Waals surface area contributed by atoms with Crippen molar-refractivity contribution in [3.63, 3.8) is 0 Å². The standard InChI is InChI=1S/C21H24N2O5S2/c1-5-21(3,4)14-10-11-16(28-13(2)19(24)25)18(12-14)30(26,27)23-20-22-15-8-6-7-9-17(15)29-20/h6-13H,5H2,1-4H3,(H,22,23)(H,24,25). The van der Waals surface area contributed by atoms with Gasteiger partial charge in [0.05, 0.1) is 10.2 Å². The van der Waals surface area contributed by atoms with Crippen molar-refractivity contribution in [2.45, 2.75) is 50.5 Å². The number of carbonyl (C=O) groups is 1. The maximum Gasteiger partial charge on any atom is 0.344 e. The number of fused-ring (bicyclic) bond motifs is 1. The van der Waals surface area contributed by atoms with Crippen LogP contribution in [0, 0.1) is 0 Å². The van der Waals surface area contributed by atoms with E-state index in [-0.39, 0.29) is 21.2 Å². The Morgan fingerprint density at radius 2 is 1.97 bits per heavy atom. The smallest absolute Gasteiger partial charge is 0.344 e. The second-order valence-corrected chi connectivity index (χ2v) is 10.3. The number of sulfonamides is 1. The van der Waals surface area contributed by atoms with Crippen LogP contribution in [0.1, 0.15) is 39.7 Å². The van der Waals surface area contributed by atoms with E-state index in [2.05, 4.69) is 9.71 Å². The minimum atomic E-state index is -4.07. The fourth-order valence-electron chi connectivity index (χ4n) is 2.77. The van der Waals surface area contributed by atoms with Crippen molar-refractivity contribution >= 4 is 42.7 Å². The number of hydrogen-bond acceptors (Lipinski definition) is 6. The highest BCUT2D eigenvalue weighted by molar-refractivity contribution is 7.93. The maximum atomic E-state index is 13.2. The molecular formula is C21H24N2O5S2. The fraction of sp³-hybridized carbons (Fsp3) is 0.333. The first-order valence-electron chi connectivity index (χ1n) is 9.46. The molecule has 0 bridgehead atoms. The Morgan fingerprint density at radius 3 is 2.60 bits per heavy atom. The van der Waals surface area contributed by atoms with E-state index in [4.69, 9.17) is 4.74 Å². The van der Waals surface area contributed by atoms with E-state index >= 15 is 0 Å². The van der Waals surface area contributed by atoms with Gasteiger partial charge < -0.3 is 9.84 Å². The number of aliphatic carboxylic acids is 1. The molecule has 1 unspecified atom stereocenters. The third kappa shape index (κ3) is 4.57. The third-order valence-corrected chi connectivity index (χ3v) is 7.51. The van der Waals surface area contributed by atoms with Gasteiger partial charge >= 0.3 is 5.97 Å². The van der Waals surface area contributed by atoms with E-state index in [1.807, 2.05) is 39.0 Å². The van der Waals surface area contributed by atoms with E-state index in [1.165, 1.54) is 24.3 Å². The molecule has 0 fully saturated rings. The Hall–Kier alpha value is -2.65. The highest BCUT2D eigenvalue weighted by atomic mass is 32.2. The second kappa shape index (κ2) is 8.23. The number of nitrogens with one attached hydrogen (secondary N) is 1. The van der Waals surface area contributed by atoms with Gasteiger partial charge in [0.25, 0.3) is 10.0 Å². The van der Waals surface area contributed by atoms with E-state index in [9.17, 15) is 18.3 Å². The molecular weight excluding hydrogens is 424 g/mol. The van der Waals surface area contributed by atoms with Gasteiger partial charge in [0.1, 0.15) is 10.6 Å². The van der Waals surface area contributed by atoms with E-state index in [0.29, 0.717) is 5.52 Å². The minimum absolute atomic E-state index is 0.0193. The van der Waals surface area contributed by atoms with Crippen molar-refractivity contribution < 1.29 is 23.1 Å². The van der Waals surface area contributed by atoms with Crippen molar-refractivity contribution in [3.8, 4) is 5.75 Å². The van der Waals surface area contributed by atoms with Crippen LogP contribution < -0.4 is 9.46 Å². The van der Waals surface area contributed by atoms with Gasteiger partial charge in [0.15, 0.2) is 11.2 Å². The molecule has 0 amide bonds. The molecule has 1 atom stereocenters. The lowest BCUT2D eigenvalue weighted by Gasteiger charge is -2.25. The first-order valence-corrected chi connectivity index (χ1v) is 11.8. The van der Waals surface area contributed by atoms with Crippen LogP contribution in [0.4, 0.5) is 5.13 Å². The number of carboxylic acids is 1. The average molecular weight is 449 g/mol. The lowest BCUT2D eigenvalue weighted by atomic mass is 9.82. The molecule has 160 valence electrons. The van der Waals surface area contributed by atoms with Gasteiger partial charge in [-0.25, -0.2) is 18.2 Å². The summed E-state index contributed by atoms with van der Waals surface area (Å²) in [5.41, 5.74) is 1.24. The summed E-state index contributed by atoms with van der Waals surface area (Å²) in [5.74, 6) is -1.20. The van der Waals surface area contributed by atoms with E-state index in [1.54, 1.807) is 18.2 Å². The number of thiazole rings is 1. The molecule has 0 aliphatic rings. The zero-order valence-electron chi connectivity index (χ0n) is 17.2. The van der Waals surface area contributed by atoms with Crippen molar-refractivity contribution in [1.82, 2.24) is 4.98 Å². The molecule has 0 radical (unpaired) electrons. The number of ether oxygens (including phenoxy) is 1. The van der Waals surface area contributed by atoms with Gasteiger partial charge in [0.2, 0.25) is 0 Å². The number of rotatable bonds is 8. The molecule has 7 nitrogen and oxygen atoms in total. The predicted molar refractivity (Wildman–Crippen MR) is 118 cm³/mol. The molecule has 0 spiro atoms. The molecule has 30 heavy (non-hydrogen) atoms. The Balaban J connectivity index is 2.06. The molecule has 9 heteroatoms. The Labute approximate surface area is 179 Å². The zero-order chi connectivity index (χ0) is 22.1. The van der Waals surface area contributed by atoms with Crippen LogP contribution in [0.5, 0.6) is 5.75 Å². The maximum absolute atomic E-state index is 13.2. The van der Waals surface area contributed by atoms with Crippen molar-refractivity contribution in [2.24, 2.45) is 0 Å². The SMILES string of the molecule is CCC(C)(C)c1ccc(OC(C)C(=O)O)c(S(=O)(=O)Nc2nc3ccccc3s2)c1. The van der Waals surface area contributed by atoms with Crippen molar-refractivity contribution in [2.75, 3.05) is 4.72 Å². The lowest BCUT2D eigenvalue weighted by molar-refractivity contribution is -0.144. The summed E-state index contributed by atoms with van der Waals surface area (Å²) in [4.78, 5) is 15.4. The molecule has 0 saturated carbocycles. The number of carboxylic acid groups (broad SMARTS) is 1. The predicted octanol–water partition coefficient (Wildman–Crippen LogP) is 4.64. The molecule has 0 aliphatic carbocycles. The minimum Gasteiger partial charge on any atom is -0.479 e. The lowest BCUT2D eigenvalue weighted by Crippen LogP contribution is -2.25. The first kappa shape index (κ1) is 22.0. The van der Waals surface area contributed by atoms with E-state index < -0.39 is 22.1 Å². The topological polar surface area (TPSA) is 106 Å². The van der Waals surface area contributed by atoms with Crippen LogP contribution in [0.25, 0.3) is 10.2 Å². The van der Waals surface area contributed by atoms with Crippen LogP contribution >= 0.6 is 11.3 Å². The zero-order valence-corrected chi connectivity index (χ0v) is 18.8. The first-order chi connectivity index (χ1) is 14.0. The monoisotopic (exact) mass is 448 g/mol. The number of aromatic nitrogens is 1. The fourth-order valence-corrected chi connectivity index (χ4v) is 5.03. The molecule has 0 aliphatic heterocycles. The van der Waals surface area contributed by atoms with Gasteiger partial charge in [-0.05, 0) is 48.6 Å². The molecule has 1 heterocycles. The molecule has 2 aromatic carbocycles. The highest BCUT2D eigenvalue weighted by Crippen LogP contribution is 2.35. The highest BCUT2D eigenvalue weighted by Gasteiger charge is 2.27. The van der Waals surface area contributed by atoms with Gasteiger partial charge in [0, 0.05) is 0 Å². The van der Waals surface area contributed by atoms with Crippen LogP contribution in [0.15, 0.2) is 47.4 Å². The molecule has 0 saturated heterocycles. The van der Waals surface area contributed by atoms with Crippen LogP contribution in [0.2, 0.25) is 0 Å². The normalized spacial score (nSPS) is 13.2. The summed E-state index contributed by atoms with van der Waals surface area (Å²) >= 11 is 1.22. The summed E-state index contributed by atoms with van der Waals surface area (Å²) in [6.07, 6.45) is -0.407. The molecule has 3 aromatic rings. The largest absolute Gasteiger partial charge is 0.479 e. The number of nitrogens with zero attached hydrogens (tertiary/aromatic N) is 1. The summed E-state index contributed by atoms with van der Waals surface area (Å²) in [6.45, 7) is 7.40. The van der Waals surface area contributed by atoms with Gasteiger partial charge in [-0.3, -0.25) is 4.72 Å². The van der Waals surface area contributed by atoms with Crippen LogP contribution in [-0.4, -0.2) is 30.6 Å². The van der Waals surface area contributed by atoms with Crippen LogP contribution in [-0.2, 0) is 20.2 Å². The van der Waals surface area contributed by atoms with Crippen molar-refractivity contribution in [3.05, 3.63) is 48.0 Å². The van der Waals surface area contributed by atoms with Gasteiger partial charge in [-0.15, -0.1) is 0 Å². The van der Waals surface area contributed by atoms with Crippen LogP contribution in [0.3, 0.4) is 0 Å². The molecule has 3 rings (SSSR count). The van der Waals surface area contributed by atoms with Crippen molar-refractivity contribution in [1.29, 1.82) is 0 Å². The molecule has 2 N–H and O–H groups in total. The quantitative estimate of drug-likeness (QED) is 0.520. The van der Waals surface area contributed by atoms with E-state index in [0.717, 1.165) is 16.7 Å². The number of anilines is 1. The number of hydrogen-bond donors (Lipinski definition) is 2. The average Bonchev–Trinajstić information content (AvgIpc) is 3.09. The number of benzene rings is 2. The Kier molecular flexibility index (Phi) is 6.05. The van der Waals surface area contributed by atoms with Gasteiger partial charge in [-0.2, -0.15) is 0 Å².